The van der Waals surface area contributed by atoms with Gasteiger partial charge in [-0.2, -0.15) is 5.10 Å². The van der Waals surface area contributed by atoms with Crippen molar-refractivity contribution >= 4 is 27.8 Å². The Morgan fingerprint density at radius 2 is 1.94 bits per heavy atom. The molecule has 0 saturated carbocycles. The second-order valence-electron chi connectivity index (χ2n) is 7.59. The van der Waals surface area contributed by atoms with E-state index in [2.05, 4.69) is 41.5 Å². The molecule has 3 N–H and O–H groups in total. The summed E-state index contributed by atoms with van der Waals surface area (Å²) in [6, 6.07) is 10.1. The molecule has 0 aliphatic carbocycles. The lowest BCUT2D eigenvalue weighted by Gasteiger charge is -2.04. The van der Waals surface area contributed by atoms with Crippen LogP contribution >= 0.6 is 0 Å². The van der Waals surface area contributed by atoms with Crippen LogP contribution in [0.2, 0.25) is 0 Å². The summed E-state index contributed by atoms with van der Waals surface area (Å²) in [6.07, 6.45) is 9.20. The van der Waals surface area contributed by atoms with E-state index in [9.17, 15) is 0 Å². The number of fused-ring (bicyclic) bond motifs is 2. The topological polar surface area (TPSA) is 113 Å². The Morgan fingerprint density at radius 1 is 1.03 bits per heavy atom. The fourth-order valence-corrected chi connectivity index (χ4v) is 3.87. The fourth-order valence-electron chi connectivity index (χ4n) is 3.87. The monoisotopic (exact) mass is 421 g/mol. The van der Waals surface area contributed by atoms with Gasteiger partial charge in [0.2, 0.25) is 0 Å². The predicted octanol–water partition coefficient (Wildman–Crippen LogP) is 4.10. The Bertz CT molecular complexity index is 1590. The summed E-state index contributed by atoms with van der Waals surface area (Å²) >= 11 is 0. The maximum atomic E-state index is 4.90. The Hall–Kier alpha value is -4.53. The minimum absolute atomic E-state index is 0.632. The number of nitrogens with one attached hydrogen (secondary N) is 3. The predicted molar refractivity (Wildman–Crippen MR) is 124 cm³/mol. The van der Waals surface area contributed by atoms with E-state index in [1.54, 1.807) is 12.5 Å². The molecule has 6 rings (SSSR count). The zero-order chi connectivity index (χ0) is 21.7. The van der Waals surface area contributed by atoms with Gasteiger partial charge in [0.25, 0.3) is 0 Å². The summed E-state index contributed by atoms with van der Waals surface area (Å²) in [5.41, 5.74) is 7.99. The Labute approximate surface area is 182 Å². The fraction of sp³-hybridized carbons (Fsp3) is 0.0870. The molecule has 9 heteroatoms. The molecule has 32 heavy (non-hydrogen) atoms. The number of benzene rings is 1. The summed E-state index contributed by atoms with van der Waals surface area (Å²) in [5.74, 6) is 0.702. The number of hydrogen-bond donors (Lipinski definition) is 3. The van der Waals surface area contributed by atoms with E-state index in [-0.39, 0.29) is 0 Å². The highest BCUT2D eigenvalue weighted by molar-refractivity contribution is 5.94. The van der Waals surface area contributed by atoms with Crippen LogP contribution in [0.5, 0.6) is 0 Å². The summed E-state index contributed by atoms with van der Waals surface area (Å²) < 4.78 is 1.98. The van der Waals surface area contributed by atoms with Gasteiger partial charge in [0.05, 0.1) is 34.3 Å². The van der Waals surface area contributed by atoms with Crippen LogP contribution in [0, 0.1) is 6.92 Å². The van der Waals surface area contributed by atoms with Gasteiger partial charge in [-0.05, 0) is 31.2 Å². The molecule has 0 spiro atoms. The van der Waals surface area contributed by atoms with Crippen LogP contribution in [0.3, 0.4) is 0 Å². The first kappa shape index (κ1) is 18.3. The second-order valence-corrected chi connectivity index (χ2v) is 7.59. The lowest BCUT2D eigenvalue weighted by Crippen LogP contribution is -1.91. The third kappa shape index (κ3) is 2.90. The average Bonchev–Trinajstić information content (AvgIpc) is 3.55. The molecule has 0 aliphatic heterocycles. The van der Waals surface area contributed by atoms with Gasteiger partial charge < -0.3 is 14.9 Å². The summed E-state index contributed by atoms with van der Waals surface area (Å²) in [4.78, 5) is 21.5. The zero-order valence-corrected chi connectivity index (χ0v) is 17.5. The van der Waals surface area contributed by atoms with Gasteiger partial charge >= 0.3 is 0 Å². The number of aromatic amines is 2. The molecule has 0 radical (unpaired) electrons. The van der Waals surface area contributed by atoms with Gasteiger partial charge in [-0.15, -0.1) is 0 Å². The van der Waals surface area contributed by atoms with Crippen LogP contribution in [-0.4, -0.2) is 46.7 Å². The smallest absolute Gasteiger partial charge is 0.181 e. The van der Waals surface area contributed by atoms with Crippen molar-refractivity contribution < 1.29 is 0 Å². The minimum Gasteiger partial charge on any atom is -0.387 e. The first-order valence-electron chi connectivity index (χ1n) is 10.2. The molecular formula is C23H19N9. The van der Waals surface area contributed by atoms with Crippen molar-refractivity contribution in [3.05, 3.63) is 67.1 Å². The number of rotatable bonds is 4. The molecule has 0 atom stereocenters. The highest BCUT2D eigenvalue weighted by Crippen LogP contribution is 2.30. The first-order chi connectivity index (χ1) is 15.7. The molecule has 1 aromatic carbocycles. The van der Waals surface area contributed by atoms with Crippen LogP contribution in [0.4, 0.5) is 5.69 Å². The van der Waals surface area contributed by atoms with Crippen molar-refractivity contribution in [1.82, 2.24) is 39.7 Å². The van der Waals surface area contributed by atoms with Gasteiger partial charge in [0, 0.05) is 43.0 Å². The van der Waals surface area contributed by atoms with Crippen molar-refractivity contribution in [3.63, 3.8) is 0 Å². The van der Waals surface area contributed by atoms with Crippen molar-refractivity contribution in [1.29, 1.82) is 0 Å². The number of aryl methyl sites for hydroxylation is 1. The van der Waals surface area contributed by atoms with Crippen LogP contribution in [0.1, 0.15) is 5.69 Å². The summed E-state index contributed by atoms with van der Waals surface area (Å²) in [5, 5.41) is 11.5. The molecule has 0 aliphatic rings. The van der Waals surface area contributed by atoms with Crippen molar-refractivity contribution in [2.45, 2.75) is 6.92 Å². The van der Waals surface area contributed by atoms with E-state index in [1.165, 1.54) is 0 Å². The number of para-hydroxylation sites is 1. The number of H-pyrrole nitrogens is 2. The van der Waals surface area contributed by atoms with Crippen molar-refractivity contribution in [2.24, 2.45) is 0 Å². The van der Waals surface area contributed by atoms with Gasteiger partial charge in [-0.25, -0.2) is 15.0 Å². The van der Waals surface area contributed by atoms with Crippen molar-refractivity contribution in [2.75, 3.05) is 12.4 Å². The van der Waals surface area contributed by atoms with Crippen LogP contribution in [-0.2, 0) is 0 Å². The van der Waals surface area contributed by atoms with Crippen LogP contribution in [0.15, 0.2) is 61.4 Å². The molecular weight excluding hydrogens is 402 g/mol. The van der Waals surface area contributed by atoms with E-state index < -0.39 is 0 Å². The average molecular weight is 421 g/mol. The third-order valence-electron chi connectivity index (χ3n) is 5.49. The number of hydrogen-bond acceptors (Lipinski definition) is 6. The zero-order valence-electron chi connectivity index (χ0n) is 17.5. The van der Waals surface area contributed by atoms with E-state index in [4.69, 9.17) is 4.98 Å². The van der Waals surface area contributed by atoms with E-state index in [0.29, 0.717) is 11.5 Å². The molecule has 0 amide bonds. The largest absolute Gasteiger partial charge is 0.387 e. The number of anilines is 1. The highest BCUT2D eigenvalue weighted by atomic mass is 15.2. The standard InChI is InChI=1S/C23H19N9/c1-13-11-32(12-27-13)19-5-3-4-18-21(19)29-23(28-18)20-17-7-15(9-26-22(17)31-30-20)14-6-16(24-2)10-25-8-14/h3-12,24H,1-2H3,(H,28,29)(H,26,30,31). The quantitative estimate of drug-likeness (QED) is 0.395. The maximum absolute atomic E-state index is 4.90. The molecule has 9 nitrogen and oxygen atoms in total. The number of nitrogens with zero attached hydrogens (tertiary/aromatic N) is 6. The number of pyridine rings is 2. The van der Waals surface area contributed by atoms with Gasteiger partial charge in [-0.1, -0.05) is 6.07 Å². The Balaban J connectivity index is 1.49. The highest BCUT2D eigenvalue weighted by Gasteiger charge is 2.16. The lowest BCUT2D eigenvalue weighted by atomic mass is 10.1. The number of imidazole rings is 2. The molecule has 0 unspecified atom stereocenters. The third-order valence-corrected chi connectivity index (χ3v) is 5.49. The summed E-state index contributed by atoms with van der Waals surface area (Å²) in [6.45, 7) is 1.97. The Morgan fingerprint density at radius 3 is 2.78 bits per heavy atom. The normalized spacial score (nSPS) is 11.4. The SMILES string of the molecule is CNc1cncc(-c2cnc3n[nH]c(-c4nc5c(-n6cnc(C)c6)cccc5[nH]4)c3c2)c1. The van der Waals surface area contributed by atoms with Crippen LogP contribution < -0.4 is 5.32 Å². The van der Waals surface area contributed by atoms with Gasteiger partial charge in [0.15, 0.2) is 11.5 Å². The van der Waals surface area contributed by atoms with E-state index in [0.717, 1.165) is 50.3 Å². The van der Waals surface area contributed by atoms with Gasteiger partial charge in [0.1, 0.15) is 11.2 Å². The molecule has 156 valence electrons. The second kappa shape index (κ2) is 7.02. The molecule has 5 aromatic heterocycles. The maximum Gasteiger partial charge on any atom is 0.181 e. The number of aromatic nitrogens is 8. The Kier molecular flexibility index (Phi) is 4.00. The van der Waals surface area contributed by atoms with Gasteiger partial charge in [-0.3, -0.25) is 10.1 Å². The lowest BCUT2D eigenvalue weighted by molar-refractivity contribution is 1.06. The molecule has 0 fully saturated rings. The first-order valence-corrected chi connectivity index (χ1v) is 10.2. The molecule has 0 bridgehead atoms. The minimum atomic E-state index is 0.632. The van der Waals surface area contributed by atoms with Crippen molar-refractivity contribution in [3.8, 4) is 28.3 Å². The molecule has 5 heterocycles. The van der Waals surface area contributed by atoms with Crippen LogP contribution in [0.25, 0.3) is 50.4 Å². The van der Waals surface area contributed by atoms with E-state index in [1.807, 2.05) is 61.4 Å². The molecule has 0 saturated heterocycles. The van der Waals surface area contributed by atoms with E-state index >= 15 is 0 Å². The molecule has 6 aromatic rings. The summed E-state index contributed by atoms with van der Waals surface area (Å²) in [7, 11) is 1.87.